The van der Waals surface area contributed by atoms with Gasteiger partial charge in [0.1, 0.15) is 5.60 Å². The molecule has 0 bridgehead atoms. The summed E-state index contributed by atoms with van der Waals surface area (Å²) in [6.07, 6.45) is 4.66. The third-order valence-corrected chi connectivity index (χ3v) is 3.27. The Morgan fingerprint density at radius 1 is 1.29 bits per heavy atom. The lowest BCUT2D eigenvalue weighted by Gasteiger charge is -2.58. The average molecular weight is 197 g/mol. The van der Waals surface area contributed by atoms with Crippen LogP contribution in [-0.4, -0.2) is 28.7 Å². The molecule has 1 saturated heterocycles. The van der Waals surface area contributed by atoms with E-state index in [1.54, 1.807) is 0 Å². The minimum atomic E-state index is -0.363. The van der Waals surface area contributed by atoms with E-state index in [4.69, 9.17) is 4.74 Å². The van der Waals surface area contributed by atoms with E-state index in [1.807, 2.05) is 25.7 Å². The Morgan fingerprint density at radius 3 is 2.21 bits per heavy atom. The predicted molar refractivity (Wildman–Crippen MR) is 54.1 cm³/mol. The minimum Gasteiger partial charge on any atom is -0.444 e. The molecule has 14 heavy (non-hydrogen) atoms. The number of ether oxygens (including phenoxy) is 1. The van der Waals surface area contributed by atoms with Gasteiger partial charge < -0.3 is 9.64 Å². The van der Waals surface area contributed by atoms with E-state index in [0.717, 1.165) is 6.54 Å². The molecule has 1 amide bonds. The van der Waals surface area contributed by atoms with Crippen molar-refractivity contribution >= 4 is 6.09 Å². The summed E-state index contributed by atoms with van der Waals surface area (Å²) in [5, 5.41) is 0. The zero-order valence-corrected chi connectivity index (χ0v) is 9.30. The lowest BCUT2D eigenvalue weighted by Crippen LogP contribution is -2.66. The van der Waals surface area contributed by atoms with Crippen molar-refractivity contribution in [1.82, 2.24) is 4.90 Å². The van der Waals surface area contributed by atoms with Crippen LogP contribution in [0.3, 0.4) is 0 Å². The summed E-state index contributed by atoms with van der Waals surface area (Å²) in [4.78, 5) is 13.7. The third kappa shape index (κ3) is 1.49. The third-order valence-electron chi connectivity index (χ3n) is 3.27. The number of rotatable bonds is 0. The molecule has 0 N–H and O–H groups in total. The average Bonchev–Trinajstić information content (AvgIpc) is 1.73. The number of hydrogen-bond acceptors (Lipinski definition) is 2. The second-order valence-electron chi connectivity index (χ2n) is 5.46. The highest BCUT2D eigenvalue weighted by Crippen LogP contribution is 2.47. The zero-order valence-electron chi connectivity index (χ0n) is 9.30. The predicted octanol–water partition coefficient (Wildman–Crippen LogP) is 2.55. The van der Waals surface area contributed by atoms with Crippen molar-refractivity contribution in [3.63, 3.8) is 0 Å². The van der Waals surface area contributed by atoms with Crippen LogP contribution >= 0.6 is 0 Å². The van der Waals surface area contributed by atoms with Gasteiger partial charge in [-0.2, -0.15) is 0 Å². The van der Waals surface area contributed by atoms with E-state index < -0.39 is 0 Å². The van der Waals surface area contributed by atoms with E-state index >= 15 is 0 Å². The second kappa shape index (κ2) is 2.88. The fourth-order valence-corrected chi connectivity index (χ4v) is 2.25. The molecule has 3 heteroatoms. The molecule has 1 saturated carbocycles. The van der Waals surface area contributed by atoms with E-state index in [-0.39, 0.29) is 17.2 Å². The standard InChI is InChI=1S/C11H19NO2/c1-10(2,3)14-9(13)12-8-7-11(12)5-4-6-11/h4-8H2,1-3H3. The Kier molecular flexibility index (Phi) is 2.02. The van der Waals surface area contributed by atoms with Crippen LogP contribution in [0.1, 0.15) is 46.5 Å². The van der Waals surface area contributed by atoms with Gasteiger partial charge in [-0.05, 0) is 46.5 Å². The van der Waals surface area contributed by atoms with Crippen molar-refractivity contribution in [2.75, 3.05) is 6.54 Å². The quantitative estimate of drug-likeness (QED) is 0.597. The topological polar surface area (TPSA) is 29.5 Å². The van der Waals surface area contributed by atoms with Gasteiger partial charge in [0.2, 0.25) is 0 Å². The van der Waals surface area contributed by atoms with Gasteiger partial charge in [0, 0.05) is 12.1 Å². The summed E-state index contributed by atoms with van der Waals surface area (Å²) in [6.45, 7) is 6.63. The molecule has 1 aliphatic carbocycles. The Morgan fingerprint density at radius 2 is 1.93 bits per heavy atom. The molecule has 1 heterocycles. The highest BCUT2D eigenvalue weighted by atomic mass is 16.6. The Balaban J connectivity index is 1.93. The summed E-state index contributed by atoms with van der Waals surface area (Å²) in [6, 6.07) is 0. The molecule has 0 aromatic heterocycles. The first-order chi connectivity index (χ1) is 6.43. The van der Waals surface area contributed by atoms with Crippen LogP contribution < -0.4 is 0 Å². The summed E-state index contributed by atoms with van der Waals surface area (Å²) in [5.41, 5.74) is -0.153. The van der Waals surface area contributed by atoms with Crippen LogP contribution in [-0.2, 0) is 4.74 Å². The van der Waals surface area contributed by atoms with Gasteiger partial charge in [-0.25, -0.2) is 4.79 Å². The number of carbonyl (C=O) groups is 1. The molecule has 0 radical (unpaired) electrons. The number of hydrogen-bond donors (Lipinski definition) is 0. The maximum atomic E-state index is 11.8. The summed E-state index contributed by atoms with van der Waals surface area (Å²) in [5.74, 6) is 0. The van der Waals surface area contributed by atoms with Gasteiger partial charge in [-0.1, -0.05) is 0 Å². The second-order valence-corrected chi connectivity index (χ2v) is 5.46. The molecule has 2 rings (SSSR count). The zero-order chi connectivity index (χ0) is 10.4. The largest absolute Gasteiger partial charge is 0.444 e. The minimum absolute atomic E-state index is 0.122. The van der Waals surface area contributed by atoms with Crippen molar-refractivity contribution in [2.45, 2.75) is 57.6 Å². The van der Waals surface area contributed by atoms with E-state index in [2.05, 4.69) is 0 Å². The Hall–Kier alpha value is -0.730. The Labute approximate surface area is 85.4 Å². The molecule has 1 spiro atoms. The SMILES string of the molecule is CC(C)(C)OC(=O)N1CCC12CCC2. The van der Waals surface area contributed by atoms with Crippen LogP contribution in [0.5, 0.6) is 0 Å². The van der Waals surface area contributed by atoms with Gasteiger partial charge in [-0.15, -0.1) is 0 Å². The van der Waals surface area contributed by atoms with Crippen LogP contribution in [0.25, 0.3) is 0 Å². The molecule has 1 aliphatic heterocycles. The van der Waals surface area contributed by atoms with Crippen LogP contribution in [0.4, 0.5) is 4.79 Å². The van der Waals surface area contributed by atoms with Gasteiger partial charge in [0.05, 0.1) is 0 Å². The molecule has 3 nitrogen and oxygen atoms in total. The van der Waals surface area contributed by atoms with Crippen molar-refractivity contribution in [3.8, 4) is 0 Å². The van der Waals surface area contributed by atoms with Crippen molar-refractivity contribution in [2.24, 2.45) is 0 Å². The normalized spacial score (nSPS) is 24.1. The maximum Gasteiger partial charge on any atom is 0.410 e. The maximum absolute atomic E-state index is 11.8. The van der Waals surface area contributed by atoms with Gasteiger partial charge in [0.15, 0.2) is 0 Å². The van der Waals surface area contributed by atoms with Crippen molar-refractivity contribution < 1.29 is 9.53 Å². The van der Waals surface area contributed by atoms with Gasteiger partial charge in [-0.3, -0.25) is 0 Å². The lowest BCUT2D eigenvalue weighted by atomic mass is 9.68. The monoisotopic (exact) mass is 197 g/mol. The number of carbonyl (C=O) groups excluding carboxylic acids is 1. The lowest BCUT2D eigenvalue weighted by molar-refractivity contribution is -0.0792. The van der Waals surface area contributed by atoms with Gasteiger partial charge in [0.25, 0.3) is 0 Å². The molecule has 0 aromatic carbocycles. The first-order valence-electron chi connectivity index (χ1n) is 5.44. The first-order valence-corrected chi connectivity index (χ1v) is 5.44. The number of nitrogens with zero attached hydrogens (tertiary/aromatic N) is 1. The van der Waals surface area contributed by atoms with Crippen LogP contribution in [0.15, 0.2) is 0 Å². The van der Waals surface area contributed by atoms with Crippen LogP contribution in [0.2, 0.25) is 0 Å². The van der Waals surface area contributed by atoms with Gasteiger partial charge >= 0.3 is 6.09 Å². The summed E-state index contributed by atoms with van der Waals surface area (Å²) in [7, 11) is 0. The fourth-order valence-electron chi connectivity index (χ4n) is 2.25. The molecular formula is C11H19NO2. The summed E-state index contributed by atoms with van der Waals surface area (Å²) < 4.78 is 5.36. The highest BCUT2D eigenvalue weighted by molar-refractivity contribution is 5.70. The molecule has 2 fully saturated rings. The molecule has 0 unspecified atom stereocenters. The van der Waals surface area contributed by atoms with Crippen LogP contribution in [0, 0.1) is 0 Å². The number of amides is 1. The Bertz CT molecular complexity index is 245. The molecule has 2 aliphatic rings. The molecule has 0 atom stereocenters. The number of likely N-dealkylation sites (tertiary alicyclic amines) is 1. The van der Waals surface area contributed by atoms with Crippen molar-refractivity contribution in [1.29, 1.82) is 0 Å². The fraction of sp³-hybridized carbons (Fsp3) is 0.909. The molecule has 80 valence electrons. The smallest absolute Gasteiger partial charge is 0.410 e. The molecular weight excluding hydrogens is 178 g/mol. The van der Waals surface area contributed by atoms with E-state index in [0.29, 0.717) is 0 Å². The molecule has 0 aromatic rings. The summed E-state index contributed by atoms with van der Waals surface area (Å²) >= 11 is 0. The highest BCUT2D eigenvalue weighted by Gasteiger charge is 2.52. The van der Waals surface area contributed by atoms with E-state index in [9.17, 15) is 4.79 Å². The van der Waals surface area contributed by atoms with Crippen molar-refractivity contribution in [3.05, 3.63) is 0 Å². The van der Waals surface area contributed by atoms with E-state index in [1.165, 1.54) is 25.7 Å². The first kappa shape index (κ1) is 9.81.